The molecular weight excluding hydrogens is 143 g/mol. The van der Waals surface area contributed by atoms with Crippen LogP contribution in [0.2, 0.25) is 0 Å². The normalized spacial score (nSPS) is 25.2. The molecule has 1 aliphatic heterocycles. The van der Waals surface area contributed by atoms with Gasteiger partial charge in [-0.1, -0.05) is 0 Å². The SMILES string of the molecule is CC1N=CC=C1C(F)(F)F. The Kier molecular flexibility index (Phi) is 1.54. The van der Waals surface area contributed by atoms with Crippen LogP contribution in [-0.2, 0) is 0 Å². The van der Waals surface area contributed by atoms with Crippen molar-refractivity contribution in [3.63, 3.8) is 0 Å². The van der Waals surface area contributed by atoms with Crippen molar-refractivity contribution in [2.45, 2.75) is 19.1 Å². The largest absolute Gasteiger partial charge is 0.414 e. The third-order valence-electron chi connectivity index (χ3n) is 1.34. The maximum atomic E-state index is 11.9. The molecule has 1 rings (SSSR count). The van der Waals surface area contributed by atoms with E-state index in [2.05, 4.69) is 4.99 Å². The van der Waals surface area contributed by atoms with Gasteiger partial charge in [-0.15, -0.1) is 0 Å². The summed E-state index contributed by atoms with van der Waals surface area (Å²) in [5.74, 6) is 0. The molecule has 1 aliphatic rings. The molecule has 0 aromatic carbocycles. The number of halogens is 3. The molecule has 1 atom stereocenters. The highest BCUT2D eigenvalue weighted by Crippen LogP contribution is 2.30. The molecule has 0 spiro atoms. The van der Waals surface area contributed by atoms with Crippen LogP contribution in [0.4, 0.5) is 13.2 Å². The van der Waals surface area contributed by atoms with Gasteiger partial charge in [0.1, 0.15) is 0 Å². The van der Waals surface area contributed by atoms with E-state index < -0.39 is 17.8 Å². The molecule has 0 amide bonds. The number of hydrogen-bond acceptors (Lipinski definition) is 1. The van der Waals surface area contributed by atoms with Gasteiger partial charge < -0.3 is 0 Å². The topological polar surface area (TPSA) is 12.4 Å². The van der Waals surface area contributed by atoms with Gasteiger partial charge in [-0.05, 0) is 13.0 Å². The lowest BCUT2D eigenvalue weighted by Crippen LogP contribution is -2.18. The Morgan fingerprint density at radius 1 is 1.50 bits per heavy atom. The molecule has 0 saturated heterocycles. The smallest absolute Gasteiger partial charge is 0.285 e. The van der Waals surface area contributed by atoms with Crippen molar-refractivity contribution in [2.75, 3.05) is 0 Å². The second-order valence-corrected chi connectivity index (χ2v) is 2.09. The number of alkyl halides is 3. The second-order valence-electron chi connectivity index (χ2n) is 2.09. The van der Waals surface area contributed by atoms with Crippen LogP contribution in [0.25, 0.3) is 0 Å². The third-order valence-corrected chi connectivity index (χ3v) is 1.34. The van der Waals surface area contributed by atoms with Gasteiger partial charge in [0.15, 0.2) is 0 Å². The van der Waals surface area contributed by atoms with Gasteiger partial charge in [-0.25, -0.2) is 0 Å². The molecule has 1 unspecified atom stereocenters. The molecule has 1 heterocycles. The average Bonchev–Trinajstić information content (AvgIpc) is 2.11. The minimum absolute atomic E-state index is 0.562. The van der Waals surface area contributed by atoms with E-state index in [0.29, 0.717) is 0 Å². The first-order valence-corrected chi connectivity index (χ1v) is 2.82. The Labute approximate surface area is 56.3 Å². The average molecular weight is 149 g/mol. The fourth-order valence-corrected chi connectivity index (χ4v) is 0.803. The Hall–Kier alpha value is -0.800. The van der Waals surface area contributed by atoms with Gasteiger partial charge in [0.2, 0.25) is 0 Å². The molecule has 0 radical (unpaired) electrons. The van der Waals surface area contributed by atoms with Gasteiger partial charge in [0, 0.05) is 6.21 Å². The molecule has 0 bridgehead atoms. The van der Waals surface area contributed by atoms with Crippen LogP contribution in [-0.4, -0.2) is 18.4 Å². The van der Waals surface area contributed by atoms with Crippen molar-refractivity contribution in [1.82, 2.24) is 0 Å². The lowest BCUT2D eigenvalue weighted by atomic mass is 10.1. The van der Waals surface area contributed by atoms with Crippen LogP contribution in [0.3, 0.4) is 0 Å². The number of nitrogens with zero attached hydrogens (tertiary/aromatic N) is 1. The molecule has 0 aromatic rings. The summed E-state index contributed by atoms with van der Waals surface area (Å²) in [6.07, 6.45) is -2.02. The number of allylic oxidation sites excluding steroid dienone is 1. The summed E-state index contributed by atoms with van der Waals surface area (Å²) in [6.45, 7) is 1.42. The van der Waals surface area contributed by atoms with Crippen molar-refractivity contribution >= 4 is 6.21 Å². The number of hydrogen-bond donors (Lipinski definition) is 0. The number of aliphatic imine (C=N–C) groups is 1. The monoisotopic (exact) mass is 149 g/mol. The fraction of sp³-hybridized carbons (Fsp3) is 0.500. The first-order valence-electron chi connectivity index (χ1n) is 2.82. The predicted octanol–water partition coefficient (Wildman–Crippen LogP) is 1.95. The molecule has 10 heavy (non-hydrogen) atoms. The van der Waals surface area contributed by atoms with Crippen molar-refractivity contribution in [2.24, 2.45) is 4.99 Å². The van der Waals surface area contributed by atoms with Crippen molar-refractivity contribution in [1.29, 1.82) is 0 Å². The van der Waals surface area contributed by atoms with Gasteiger partial charge in [0.05, 0.1) is 11.6 Å². The van der Waals surface area contributed by atoms with Gasteiger partial charge in [-0.3, -0.25) is 4.99 Å². The summed E-state index contributed by atoms with van der Waals surface area (Å²) in [5.41, 5.74) is -0.562. The van der Waals surface area contributed by atoms with E-state index in [1.54, 1.807) is 0 Å². The Bertz CT molecular complexity index is 190. The zero-order valence-corrected chi connectivity index (χ0v) is 5.31. The molecule has 0 aromatic heterocycles. The molecule has 4 heteroatoms. The summed E-state index contributed by atoms with van der Waals surface area (Å²) < 4.78 is 35.6. The lowest BCUT2D eigenvalue weighted by molar-refractivity contribution is -0.0943. The highest BCUT2D eigenvalue weighted by molar-refractivity contribution is 5.76. The summed E-state index contributed by atoms with van der Waals surface area (Å²) in [6, 6.07) is -0.722. The molecule has 0 fully saturated rings. The molecular formula is C6H6F3N. The van der Waals surface area contributed by atoms with Crippen LogP contribution in [0.15, 0.2) is 16.6 Å². The van der Waals surface area contributed by atoms with E-state index >= 15 is 0 Å². The van der Waals surface area contributed by atoms with Gasteiger partial charge in [-0.2, -0.15) is 13.2 Å². The maximum Gasteiger partial charge on any atom is 0.414 e. The molecule has 56 valence electrons. The fourth-order valence-electron chi connectivity index (χ4n) is 0.803. The molecule has 0 N–H and O–H groups in total. The van der Waals surface area contributed by atoms with E-state index in [4.69, 9.17) is 0 Å². The van der Waals surface area contributed by atoms with Crippen LogP contribution >= 0.6 is 0 Å². The molecule has 1 nitrogen and oxygen atoms in total. The summed E-state index contributed by atoms with van der Waals surface area (Å²) in [7, 11) is 0. The van der Waals surface area contributed by atoms with Crippen LogP contribution in [0.1, 0.15) is 6.92 Å². The first kappa shape index (κ1) is 7.31. The van der Waals surface area contributed by atoms with E-state index in [1.165, 1.54) is 13.1 Å². The quantitative estimate of drug-likeness (QED) is 0.499. The standard InChI is InChI=1S/C6H6F3N/c1-4-5(2-3-10-4)6(7,8)9/h2-4H,1H3. The first-order chi connectivity index (χ1) is 4.52. The van der Waals surface area contributed by atoms with Crippen molar-refractivity contribution in [3.8, 4) is 0 Å². The minimum Gasteiger partial charge on any atom is -0.285 e. The minimum atomic E-state index is -4.21. The van der Waals surface area contributed by atoms with Gasteiger partial charge >= 0.3 is 6.18 Å². The Morgan fingerprint density at radius 3 is 2.30 bits per heavy atom. The van der Waals surface area contributed by atoms with Crippen molar-refractivity contribution < 1.29 is 13.2 Å². The zero-order chi connectivity index (χ0) is 7.78. The zero-order valence-electron chi connectivity index (χ0n) is 5.31. The molecule has 0 saturated carbocycles. The molecule has 0 aliphatic carbocycles. The third kappa shape index (κ3) is 1.20. The maximum absolute atomic E-state index is 11.9. The highest BCUT2D eigenvalue weighted by Gasteiger charge is 2.37. The number of rotatable bonds is 0. The van der Waals surface area contributed by atoms with Crippen LogP contribution < -0.4 is 0 Å². The van der Waals surface area contributed by atoms with E-state index in [-0.39, 0.29) is 0 Å². The van der Waals surface area contributed by atoms with Gasteiger partial charge in [0.25, 0.3) is 0 Å². The lowest BCUT2D eigenvalue weighted by Gasteiger charge is -2.10. The predicted molar refractivity (Wildman–Crippen MR) is 32.1 cm³/mol. The Morgan fingerprint density at radius 2 is 2.10 bits per heavy atom. The van der Waals surface area contributed by atoms with Crippen molar-refractivity contribution in [3.05, 3.63) is 11.6 Å². The summed E-state index contributed by atoms with van der Waals surface area (Å²) in [4.78, 5) is 3.55. The van der Waals surface area contributed by atoms with E-state index in [1.807, 2.05) is 0 Å². The van der Waals surface area contributed by atoms with E-state index in [9.17, 15) is 13.2 Å². The van der Waals surface area contributed by atoms with Crippen LogP contribution in [0, 0.1) is 0 Å². The summed E-state index contributed by atoms with van der Waals surface area (Å²) in [5, 5.41) is 0. The summed E-state index contributed by atoms with van der Waals surface area (Å²) >= 11 is 0. The van der Waals surface area contributed by atoms with Crippen LogP contribution in [0.5, 0.6) is 0 Å². The Balaban J connectivity index is 2.78. The second kappa shape index (κ2) is 2.11. The highest BCUT2D eigenvalue weighted by atomic mass is 19.4. The van der Waals surface area contributed by atoms with E-state index in [0.717, 1.165) is 6.08 Å².